The fraction of sp³-hybridized carbons (Fsp3) is 0.448. The fourth-order valence-electron chi connectivity index (χ4n) is 4.16. The van der Waals surface area contributed by atoms with Gasteiger partial charge in [-0.2, -0.15) is 4.98 Å². The fourth-order valence-corrected chi connectivity index (χ4v) is 4.16. The summed E-state index contributed by atoms with van der Waals surface area (Å²) in [6, 6.07) is 5.42. The third-order valence-corrected chi connectivity index (χ3v) is 6.59. The molecule has 1 aliphatic carbocycles. The Labute approximate surface area is 230 Å². The van der Waals surface area contributed by atoms with E-state index in [1.807, 2.05) is 19.0 Å². The summed E-state index contributed by atoms with van der Waals surface area (Å²) in [5, 5.41) is 9.22. The van der Waals surface area contributed by atoms with E-state index in [1.165, 1.54) is 23.1 Å². The molecule has 0 radical (unpaired) electrons. The highest BCUT2D eigenvalue weighted by Crippen LogP contribution is 2.25. The minimum atomic E-state index is -0.587. The van der Waals surface area contributed by atoms with Gasteiger partial charge in [0, 0.05) is 44.4 Å². The van der Waals surface area contributed by atoms with Crippen molar-refractivity contribution in [1.82, 2.24) is 25.1 Å². The molecule has 0 spiro atoms. The zero-order chi connectivity index (χ0) is 28.4. The molecule has 3 atom stereocenters. The summed E-state index contributed by atoms with van der Waals surface area (Å²) in [7, 11) is 7.22. The molecule has 1 saturated carbocycles. The number of halogens is 1. The van der Waals surface area contributed by atoms with Crippen molar-refractivity contribution in [3.63, 3.8) is 0 Å². The van der Waals surface area contributed by atoms with Gasteiger partial charge in [0.05, 0.1) is 11.8 Å². The van der Waals surface area contributed by atoms with Crippen LogP contribution in [0, 0.1) is 23.6 Å². The van der Waals surface area contributed by atoms with Crippen molar-refractivity contribution in [1.29, 1.82) is 0 Å². The zero-order valence-corrected chi connectivity index (χ0v) is 23.3. The molecule has 2 amide bonds. The lowest BCUT2D eigenvalue weighted by Gasteiger charge is -2.30. The minimum Gasteiger partial charge on any atom is -0.357 e. The van der Waals surface area contributed by atoms with Crippen molar-refractivity contribution >= 4 is 29.3 Å². The zero-order valence-electron chi connectivity index (χ0n) is 23.3. The monoisotopic (exact) mass is 535 g/mol. The number of anilines is 3. The number of nitrogens with one attached hydrogen (secondary N) is 3. The summed E-state index contributed by atoms with van der Waals surface area (Å²) in [5.41, 5.74) is 1.31. The second kappa shape index (κ2) is 14.3. The van der Waals surface area contributed by atoms with Crippen molar-refractivity contribution in [3.8, 4) is 11.8 Å². The molecular weight excluding hydrogens is 497 g/mol. The van der Waals surface area contributed by atoms with Crippen molar-refractivity contribution in [2.45, 2.75) is 44.7 Å². The summed E-state index contributed by atoms with van der Waals surface area (Å²) in [6.45, 7) is 2.39. The Hall–Kier alpha value is -3.97. The van der Waals surface area contributed by atoms with E-state index in [-0.39, 0.29) is 29.6 Å². The first-order valence-electron chi connectivity index (χ1n) is 13.1. The number of carbonyl (C=O) groups is 2. The highest BCUT2D eigenvalue weighted by molar-refractivity contribution is 5.92. The van der Waals surface area contributed by atoms with Crippen LogP contribution < -0.4 is 16.0 Å². The molecule has 1 aromatic carbocycles. The largest absolute Gasteiger partial charge is 0.357 e. The standard InChI is InChI=1S/C29H38FN7O2/c1-20(37(5)26(38)10-7-17-36(3)4)28(39)34-25-9-6-8-21(18-25)11-12-22-19-32-29(31-2)35-27(22)33-24-15-13-23(30)14-16-24/h7,10,13-16,19-21,25H,6,8-9,17-18H2,1-5H3,(H,34,39)(H2,31,32,33,35)/b10-7+/t20-,21-,25-/m0/s1. The van der Waals surface area contributed by atoms with Crippen molar-refractivity contribution in [2.75, 3.05) is 45.4 Å². The number of hydrogen-bond donors (Lipinski definition) is 3. The van der Waals surface area contributed by atoms with Crippen molar-refractivity contribution in [3.05, 3.63) is 54.0 Å². The van der Waals surface area contributed by atoms with E-state index in [0.29, 0.717) is 29.6 Å². The average Bonchev–Trinajstić information content (AvgIpc) is 2.92. The number of hydrogen-bond acceptors (Lipinski definition) is 7. The van der Waals surface area contributed by atoms with Gasteiger partial charge in [0.15, 0.2) is 5.82 Å². The van der Waals surface area contributed by atoms with E-state index in [9.17, 15) is 14.0 Å². The van der Waals surface area contributed by atoms with Gasteiger partial charge in [-0.1, -0.05) is 24.3 Å². The lowest BCUT2D eigenvalue weighted by atomic mass is 9.86. The van der Waals surface area contributed by atoms with Crippen LogP contribution in [0.2, 0.25) is 0 Å². The predicted molar refractivity (Wildman–Crippen MR) is 152 cm³/mol. The van der Waals surface area contributed by atoms with E-state index in [4.69, 9.17) is 0 Å². The van der Waals surface area contributed by atoms with Crippen LogP contribution in [-0.4, -0.2) is 78.4 Å². The maximum absolute atomic E-state index is 13.3. The Morgan fingerprint density at radius 2 is 1.95 bits per heavy atom. The number of likely N-dealkylation sites (N-methyl/N-ethyl adjacent to an activating group) is 2. The number of rotatable bonds is 9. The first-order chi connectivity index (χ1) is 18.7. The molecule has 208 valence electrons. The van der Waals surface area contributed by atoms with Crippen LogP contribution in [0.15, 0.2) is 42.6 Å². The molecule has 0 saturated heterocycles. The molecule has 0 unspecified atom stereocenters. The number of nitrogens with zero attached hydrogens (tertiary/aromatic N) is 4. The van der Waals surface area contributed by atoms with E-state index in [2.05, 4.69) is 37.8 Å². The number of carbonyl (C=O) groups excluding carboxylic acids is 2. The molecule has 1 aliphatic rings. The molecule has 1 heterocycles. The van der Waals surface area contributed by atoms with E-state index >= 15 is 0 Å². The summed E-state index contributed by atoms with van der Waals surface area (Å²) >= 11 is 0. The van der Waals surface area contributed by atoms with Gasteiger partial charge in [-0.15, -0.1) is 0 Å². The van der Waals surface area contributed by atoms with Crippen LogP contribution in [0.1, 0.15) is 38.2 Å². The molecule has 0 bridgehead atoms. The van der Waals surface area contributed by atoms with Gasteiger partial charge in [0.2, 0.25) is 17.8 Å². The van der Waals surface area contributed by atoms with Gasteiger partial charge in [0.25, 0.3) is 0 Å². The molecule has 39 heavy (non-hydrogen) atoms. The third kappa shape index (κ3) is 9.07. The van der Waals surface area contributed by atoms with Gasteiger partial charge in [0.1, 0.15) is 11.9 Å². The van der Waals surface area contributed by atoms with E-state index in [1.54, 1.807) is 45.4 Å². The molecule has 3 rings (SSSR count). The Morgan fingerprint density at radius 1 is 1.21 bits per heavy atom. The van der Waals surface area contributed by atoms with Crippen LogP contribution in [0.3, 0.4) is 0 Å². The second-order valence-electron chi connectivity index (χ2n) is 9.97. The van der Waals surface area contributed by atoms with E-state index < -0.39 is 6.04 Å². The smallest absolute Gasteiger partial charge is 0.246 e. The first kappa shape index (κ1) is 29.6. The van der Waals surface area contributed by atoms with Crippen LogP contribution >= 0.6 is 0 Å². The lowest BCUT2D eigenvalue weighted by Crippen LogP contribution is -2.49. The molecule has 1 aromatic heterocycles. The van der Waals surface area contributed by atoms with Gasteiger partial charge >= 0.3 is 0 Å². The van der Waals surface area contributed by atoms with Crippen LogP contribution in [0.4, 0.5) is 21.8 Å². The molecule has 1 fully saturated rings. The molecule has 0 aliphatic heterocycles. The SMILES string of the molecule is CNc1ncc(C#C[C@@H]2CCC[C@H](NC(=O)[C@H](C)N(C)C(=O)/C=C/CN(C)C)C2)c(Nc2ccc(F)cc2)n1. The predicted octanol–water partition coefficient (Wildman–Crippen LogP) is 3.39. The van der Waals surface area contributed by atoms with Gasteiger partial charge < -0.3 is 25.8 Å². The quantitative estimate of drug-likeness (QED) is 0.334. The molecule has 10 heteroatoms. The topological polar surface area (TPSA) is 102 Å². The average molecular weight is 536 g/mol. The molecule has 9 nitrogen and oxygen atoms in total. The van der Waals surface area contributed by atoms with Gasteiger partial charge in [-0.3, -0.25) is 9.59 Å². The first-order valence-corrected chi connectivity index (χ1v) is 13.1. The Balaban J connectivity index is 1.63. The highest BCUT2D eigenvalue weighted by Gasteiger charge is 2.26. The molecular formula is C29H38FN7O2. The summed E-state index contributed by atoms with van der Waals surface area (Å²) < 4.78 is 13.3. The van der Waals surface area contributed by atoms with Crippen molar-refractivity contribution in [2.24, 2.45) is 5.92 Å². The summed E-state index contributed by atoms with van der Waals surface area (Å²) in [5.74, 6) is 6.91. The normalized spacial score (nSPS) is 17.7. The minimum absolute atomic E-state index is 0.0134. The molecule has 2 aromatic rings. The Morgan fingerprint density at radius 3 is 2.64 bits per heavy atom. The number of aromatic nitrogens is 2. The Kier molecular flexibility index (Phi) is 10.8. The highest BCUT2D eigenvalue weighted by atomic mass is 19.1. The Bertz CT molecular complexity index is 1220. The third-order valence-electron chi connectivity index (χ3n) is 6.59. The van der Waals surface area contributed by atoms with Crippen LogP contribution in [-0.2, 0) is 9.59 Å². The molecule has 3 N–H and O–H groups in total. The number of amides is 2. The van der Waals surface area contributed by atoms with Gasteiger partial charge in [-0.25, -0.2) is 9.37 Å². The van der Waals surface area contributed by atoms with E-state index in [0.717, 1.165) is 25.7 Å². The summed E-state index contributed by atoms with van der Waals surface area (Å²) in [4.78, 5) is 37.5. The van der Waals surface area contributed by atoms with Crippen LogP contribution in [0.5, 0.6) is 0 Å². The second-order valence-corrected chi connectivity index (χ2v) is 9.97. The van der Waals surface area contributed by atoms with Crippen LogP contribution in [0.25, 0.3) is 0 Å². The lowest BCUT2D eigenvalue weighted by molar-refractivity contribution is -0.135. The summed E-state index contributed by atoms with van der Waals surface area (Å²) in [6.07, 6.45) is 8.41. The van der Waals surface area contributed by atoms with Gasteiger partial charge in [-0.05, 0) is 64.5 Å². The number of benzene rings is 1. The maximum atomic E-state index is 13.3. The maximum Gasteiger partial charge on any atom is 0.246 e. The van der Waals surface area contributed by atoms with Crippen molar-refractivity contribution < 1.29 is 14.0 Å².